The molecule has 0 bridgehead atoms. The molecular weight excluding hydrogens is 328 g/mol. The van der Waals surface area contributed by atoms with Crippen LogP contribution >= 0.6 is 11.9 Å². The van der Waals surface area contributed by atoms with Gasteiger partial charge in [-0.25, -0.2) is 9.52 Å². The van der Waals surface area contributed by atoms with Gasteiger partial charge in [0.2, 0.25) is 0 Å². The van der Waals surface area contributed by atoms with Crippen molar-refractivity contribution >= 4 is 29.8 Å². The molecule has 0 aliphatic carbocycles. The summed E-state index contributed by atoms with van der Waals surface area (Å²) in [4.78, 5) is 41.1. The first-order valence-electron chi connectivity index (χ1n) is 8.61. The van der Waals surface area contributed by atoms with Gasteiger partial charge in [0.05, 0.1) is 5.70 Å². The number of hydrogen-bond acceptors (Lipinski definition) is 5. The van der Waals surface area contributed by atoms with Gasteiger partial charge in [-0.3, -0.25) is 14.5 Å². The second-order valence-electron chi connectivity index (χ2n) is 6.67. The van der Waals surface area contributed by atoms with Crippen LogP contribution in [0.15, 0.2) is 10.6 Å². The van der Waals surface area contributed by atoms with E-state index < -0.39 is 12.1 Å². The molecule has 3 aliphatic rings. The number of likely N-dealkylation sites (tertiary alicyclic amines) is 1. The van der Waals surface area contributed by atoms with Gasteiger partial charge < -0.3 is 10.2 Å². The number of rotatable bonds is 4. The highest BCUT2D eigenvalue weighted by atomic mass is 32.2. The van der Waals surface area contributed by atoms with Crippen LogP contribution in [-0.4, -0.2) is 53.3 Å². The topological polar surface area (TPSA) is 81.8 Å². The molecule has 0 aromatic heterocycles. The van der Waals surface area contributed by atoms with Crippen molar-refractivity contribution in [2.45, 2.75) is 45.6 Å². The lowest BCUT2D eigenvalue weighted by Gasteiger charge is -2.32. The SMILES string of the molecule is CCCCN1C(=O)NC2=C(C(=O)N3CCCC(C)C3)SNC2C1=O. The van der Waals surface area contributed by atoms with E-state index in [1.165, 1.54) is 4.90 Å². The Bertz CT molecular complexity index is 592. The van der Waals surface area contributed by atoms with Gasteiger partial charge in [0, 0.05) is 19.6 Å². The van der Waals surface area contributed by atoms with Crippen LogP contribution in [0.5, 0.6) is 0 Å². The van der Waals surface area contributed by atoms with Crippen LogP contribution in [0.3, 0.4) is 0 Å². The Morgan fingerprint density at radius 3 is 2.88 bits per heavy atom. The summed E-state index contributed by atoms with van der Waals surface area (Å²) in [6.45, 7) is 6.01. The van der Waals surface area contributed by atoms with Gasteiger partial charge in [-0.2, -0.15) is 0 Å². The number of amides is 4. The first kappa shape index (κ1) is 17.3. The maximum atomic E-state index is 12.8. The summed E-state index contributed by atoms with van der Waals surface area (Å²) in [7, 11) is 0. The number of hydrogen-bond donors (Lipinski definition) is 2. The standard InChI is InChI=1S/C16H24N4O3S/c1-3-4-8-20-14(21)12-11(17-16(20)23)13(24-18-12)15(22)19-7-5-6-10(2)9-19/h10,12,18H,3-9H2,1-2H3,(H,17,23). The summed E-state index contributed by atoms with van der Waals surface area (Å²) in [6.07, 6.45) is 3.80. The minimum absolute atomic E-state index is 0.0911. The lowest BCUT2D eigenvalue weighted by atomic mass is 10.00. The highest BCUT2D eigenvalue weighted by Gasteiger charge is 2.44. The minimum Gasteiger partial charge on any atom is -0.338 e. The second-order valence-corrected chi connectivity index (χ2v) is 7.52. The Morgan fingerprint density at radius 1 is 1.38 bits per heavy atom. The summed E-state index contributed by atoms with van der Waals surface area (Å²) in [5.41, 5.74) is 0.422. The molecule has 2 saturated heterocycles. The van der Waals surface area contributed by atoms with Crippen molar-refractivity contribution in [2.75, 3.05) is 19.6 Å². The van der Waals surface area contributed by atoms with Crippen LogP contribution in [0, 0.1) is 5.92 Å². The molecule has 4 amide bonds. The van der Waals surface area contributed by atoms with E-state index in [1.807, 2.05) is 11.8 Å². The van der Waals surface area contributed by atoms with Gasteiger partial charge in [0.15, 0.2) is 0 Å². The fourth-order valence-electron chi connectivity index (χ4n) is 3.31. The third-order valence-electron chi connectivity index (χ3n) is 4.69. The number of carbonyl (C=O) groups excluding carboxylic acids is 3. The third-order valence-corrected chi connectivity index (χ3v) is 5.64. The van der Waals surface area contributed by atoms with Crippen LogP contribution in [0.4, 0.5) is 4.79 Å². The van der Waals surface area contributed by atoms with E-state index in [0.29, 0.717) is 23.1 Å². The Morgan fingerprint density at radius 2 is 2.17 bits per heavy atom. The number of fused-ring (bicyclic) bond motifs is 1. The van der Waals surface area contributed by atoms with Crippen LogP contribution in [-0.2, 0) is 9.59 Å². The number of piperidine rings is 1. The normalized spacial score (nSPS) is 27.4. The zero-order chi connectivity index (χ0) is 17.3. The average Bonchev–Trinajstić information content (AvgIpc) is 2.98. The van der Waals surface area contributed by atoms with Gasteiger partial charge in [-0.05, 0) is 37.1 Å². The van der Waals surface area contributed by atoms with Crippen LogP contribution in [0.2, 0.25) is 0 Å². The molecular formula is C16H24N4O3S. The van der Waals surface area contributed by atoms with Gasteiger partial charge in [0.25, 0.3) is 11.8 Å². The van der Waals surface area contributed by atoms with E-state index in [2.05, 4.69) is 17.0 Å². The number of imide groups is 1. The van der Waals surface area contributed by atoms with E-state index in [1.54, 1.807) is 0 Å². The van der Waals surface area contributed by atoms with Crippen LogP contribution in [0.1, 0.15) is 39.5 Å². The summed E-state index contributed by atoms with van der Waals surface area (Å²) in [5.74, 6) is 0.117. The monoisotopic (exact) mass is 352 g/mol. The number of unbranched alkanes of at least 4 members (excludes halogenated alkanes) is 1. The maximum Gasteiger partial charge on any atom is 0.328 e. The van der Waals surface area contributed by atoms with Crippen molar-refractivity contribution in [3.8, 4) is 0 Å². The van der Waals surface area contributed by atoms with Crippen molar-refractivity contribution in [3.05, 3.63) is 10.6 Å². The second kappa shape index (κ2) is 7.14. The number of nitrogens with zero attached hydrogens (tertiary/aromatic N) is 2. The van der Waals surface area contributed by atoms with Gasteiger partial charge in [-0.1, -0.05) is 20.3 Å². The third kappa shape index (κ3) is 3.17. The van der Waals surface area contributed by atoms with Crippen molar-refractivity contribution in [1.82, 2.24) is 19.8 Å². The lowest BCUT2D eigenvalue weighted by Crippen LogP contribution is -2.58. The Balaban J connectivity index is 1.78. The fraction of sp³-hybridized carbons (Fsp3) is 0.688. The molecule has 3 rings (SSSR count). The molecule has 0 aromatic rings. The predicted molar refractivity (Wildman–Crippen MR) is 91.7 cm³/mol. The summed E-state index contributed by atoms with van der Waals surface area (Å²) >= 11 is 1.16. The highest BCUT2D eigenvalue weighted by molar-refractivity contribution is 8.02. The number of carbonyl (C=O) groups is 3. The lowest BCUT2D eigenvalue weighted by molar-refractivity contribution is -0.130. The molecule has 2 unspecified atom stereocenters. The van der Waals surface area contributed by atoms with Crippen LogP contribution < -0.4 is 10.0 Å². The summed E-state index contributed by atoms with van der Waals surface area (Å²) < 4.78 is 3.01. The molecule has 7 nitrogen and oxygen atoms in total. The van der Waals surface area contributed by atoms with Gasteiger partial charge in [-0.15, -0.1) is 0 Å². The van der Waals surface area contributed by atoms with E-state index in [9.17, 15) is 14.4 Å². The van der Waals surface area contributed by atoms with E-state index in [4.69, 9.17) is 0 Å². The van der Waals surface area contributed by atoms with Crippen molar-refractivity contribution in [1.29, 1.82) is 0 Å². The Hall–Kier alpha value is -1.54. The molecule has 0 saturated carbocycles. The first-order valence-corrected chi connectivity index (χ1v) is 9.42. The average molecular weight is 352 g/mol. The molecule has 3 aliphatic heterocycles. The smallest absolute Gasteiger partial charge is 0.328 e. The molecule has 0 radical (unpaired) electrons. The van der Waals surface area contributed by atoms with E-state index >= 15 is 0 Å². The Labute approximate surface area is 146 Å². The molecule has 2 fully saturated rings. The molecule has 0 aromatic carbocycles. The first-order chi connectivity index (χ1) is 11.5. The quantitative estimate of drug-likeness (QED) is 0.748. The number of nitrogens with one attached hydrogen (secondary N) is 2. The largest absolute Gasteiger partial charge is 0.338 e. The summed E-state index contributed by atoms with van der Waals surface area (Å²) in [5, 5.41) is 2.76. The zero-order valence-electron chi connectivity index (χ0n) is 14.1. The van der Waals surface area contributed by atoms with Gasteiger partial charge in [0.1, 0.15) is 10.9 Å². The highest BCUT2D eigenvalue weighted by Crippen LogP contribution is 2.32. The Kier molecular flexibility index (Phi) is 5.15. The predicted octanol–water partition coefficient (Wildman–Crippen LogP) is 1.43. The molecule has 0 spiro atoms. The van der Waals surface area contributed by atoms with E-state index in [-0.39, 0.29) is 11.8 Å². The molecule has 8 heteroatoms. The van der Waals surface area contributed by atoms with Crippen LogP contribution in [0.25, 0.3) is 0 Å². The fourth-order valence-corrected chi connectivity index (χ4v) is 4.26. The molecule has 132 valence electrons. The molecule has 2 atom stereocenters. The maximum absolute atomic E-state index is 12.8. The van der Waals surface area contributed by atoms with Gasteiger partial charge >= 0.3 is 6.03 Å². The number of urea groups is 1. The minimum atomic E-state index is -0.634. The van der Waals surface area contributed by atoms with Crippen molar-refractivity contribution in [3.63, 3.8) is 0 Å². The van der Waals surface area contributed by atoms with E-state index in [0.717, 1.165) is 50.7 Å². The molecule has 3 heterocycles. The summed E-state index contributed by atoms with van der Waals surface area (Å²) in [6, 6.07) is -1.06. The van der Waals surface area contributed by atoms with Crippen molar-refractivity contribution < 1.29 is 14.4 Å². The zero-order valence-corrected chi connectivity index (χ0v) is 14.9. The molecule has 2 N–H and O–H groups in total. The van der Waals surface area contributed by atoms with Crippen molar-refractivity contribution in [2.24, 2.45) is 5.92 Å². The molecule has 24 heavy (non-hydrogen) atoms.